The van der Waals surface area contributed by atoms with E-state index in [4.69, 9.17) is 5.11 Å². The summed E-state index contributed by atoms with van der Waals surface area (Å²) >= 11 is 3.50. The molecular formula is C27H34BrN5O2. The number of nitrogens with one attached hydrogen (secondary N) is 1. The molecule has 5 N–H and O–H groups in total. The number of carboxylic acid groups (broad SMARTS) is 1. The average Bonchev–Trinajstić information content (AvgIpc) is 3.13. The van der Waals surface area contributed by atoms with E-state index >= 15 is 0 Å². The molecule has 35 heavy (non-hydrogen) atoms. The number of nitrogens with zero attached hydrogens (tertiary/aromatic N) is 3. The number of hydrogen-bond acceptors (Lipinski definition) is 6. The Morgan fingerprint density at radius 1 is 1.03 bits per heavy atom. The molecule has 3 aromatic rings. The van der Waals surface area contributed by atoms with Gasteiger partial charge in [0.05, 0.1) is 17.1 Å². The van der Waals surface area contributed by atoms with Crippen molar-refractivity contribution in [2.75, 3.05) is 24.1 Å². The first kappa shape index (κ1) is 26.7. The fourth-order valence-corrected chi connectivity index (χ4v) is 4.71. The topological polar surface area (TPSA) is 94.1 Å². The van der Waals surface area contributed by atoms with Gasteiger partial charge in [-0.25, -0.2) is 0 Å². The van der Waals surface area contributed by atoms with E-state index in [0.29, 0.717) is 6.42 Å². The van der Waals surface area contributed by atoms with Crippen LogP contribution in [0.1, 0.15) is 34.2 Å². The van der Waals surface area contributed by atoms with Crippen molar-refractivity contribution < 1.29 is 9.90 Å². The third kappa shape index (κ3) is 6.02. The highest BCUT2D eigenvalue weighted by Crippen LogP contribution is 2.41. The molecule has 3 aromatic carbocycles. The number of hydrazine groups is 2. The zero-order valence-electron chi connectivity index (χ0n) is 20.8. The Labute approximate surface area is 216 Å². The van der Waals surface area contributed by atoms with E-state index in [-0.39, 0.29) is 12.6 Å². The first-order chi connectivity index (χ1) is 16.2. The zero-order valence-corrected chi connectivity index (χ0v) is 22.4. The molecule has 1 heterocycles. The minimum absolute atomic E-state index is 0. The second kappa shape index (κ2) is 11.2. The van der Waals surface area contributed by atoms with Crippen LogP contribution in [-0.2, 0) is 24.3 Å². The summed E-state index contributed by atoms with van der Waals surface area (Å²) in [6, 6.07) is 19.1. The molecule has 4 rings (SSSR count). The Morgan fingerprint density at radius 2 is 1.74 bits per heavy atom. The van der Waals surface area contributed by atoms with Crippen LogP contribution >= 0.6 is 15.9 Å². The Balaban J connectivity index is 0.00000342. The van der Waals surface area contributed by atoms with Gasteiger partial charge in [0, 0.05) is 31.0 Å². The van der Waals surface area contributed by atoms with Crippen molar-refractivity contribution >= 4 is 39.0 Å². The van der Waals surface area contributed by atoms with Gasteiger partial charge in [0.1, 0.15) is 0 Å². The molecule has 0 radical (unpaired) electrons. The minimum atomic E-state index is -0.776. The number of aliphatic carboxylic acids is 1. The Bertz CT molecular complexity index is 1200. The van der Waals surface area contributed by atoms with Crippen LogP contribution in [0.15, 0.2) is 59.1 Å². The molecule has 0 saturated heterocycles. The van der Waals surface area contributed by atoms with E-state index in [1.807, 2.05) is 18.1 Å². The van der Waals surface area contributed by atoms with Crippen molar-refractivity contribution in [1.29, 1.82) is 0 Å². The van der Waals surface area contributed by atoms with Gasteiger partial charge in [-0.3, -0.25) is 19.7 Å². The Hall–Kier alpha value is -2.91. The lowest BCUT2D eigenvalue weighted by Gasteiger charge is -2.24. The summed E-state index contributed by atoms with van der Waals surface area (Å²) in [5, 5.41) is 13.2. The molecule has 0 spiro atoms. The highest BCUT2D eigenvalue weighted by molar-refractivity contribution is 9.10. The maximum Gasteiger partial charge on any atom is 0.303 e. The fraction of sp³-hybridized carbons (Fsp3) is 0.296. The molecule has 0 fully saturated rings. The van der Waals surface area contributed by atoms with E-state index in [9.17, 15) is 4.79 Å². The van der Waals surface area contributed by atoms with E-state index in [1.165, 1.54) is 16.7 Å². The lowest BCUT2D eigenvalue weighted by atomic mass is 10.00. The standard InChI is InChI=1S/C27H31BrN4O2.H3N/c1-18-5-12-24(15-22(18)17-30(3)16-20-6-10-23(28)11-7-20)32-27-19(2)21(9-14-26(33)34)8-13-25(27)31(4)29-32;/h5-8,10-13,15,29H,9,14,16-17H2,1-4H3,(H,33,34);1H3. The van der Waals surface area contributed by atoms with Crippen molar-refractivity contribution in [3.63, 3.8) is 0 Å². The maximum atomic E-state index is 11.1. The van der Waals surface area contributed by atoms with Crippen LogP contribution in [0.5, 0.6) is 0 Å². The van der Waals surface area contributed by atoms with Crippen molar-refractivity contribution in [3.8, 4) is 0 Å². The summed E-state index contributed by atoms with van der Waals surface area (Å²) in [7, 11) is 4.14. The molecule has 0 aromatic heterocycles. The van der Waals surface area contributed by atoms with Crippen LogP contribution in [-0.4, -0.2) is 30.1 Å². The lowest BCUT2D eigenvalue weighted by Crippen LogP contribution is -2.39. The third-order valence-electron chi connectivity index (χ3n) is 6.36. The first-order valence-electron chi connectivity index (χ1n) is 11.4. The summed E-state index contributed by atoms with van der Waals surface area (Å²) in [5.74, 6) is -0.776. The normalized spacial score (nSPS) is 12.6. The van der Waals surface area contributed by atoms with Gasteiger partial charge < -0.3 is 11.3 Å². The van der Waals surface area contributed by atoms with Crippen molar-refractivity contribution in [3.05, 3.63) is 86.9 Å². The van der Waals surface area contributed by atoms with E-state index < -0.39 is 5.97 Å². The highest BCUT2D eigenvalue weighted by atomic mass is 79.9. The Morgan fingerprint density at radius 3 is 2.43 bits per heavy atom. The van der Waals surface area contributed by atoms with Crippen LogP contribution < -0.4 is 21.7 Å². The number of rotatable bonds is 8. The van der Waals surface area contributed by atoms with E-state index in [1.54, 1.807) is 0 Å². The first-order valence-corrected chi connectivity index (χ1v) is 12.2. The molecule has 0 unspecified atom stereocenters. The van der Waals surface area contributed by atoms with Crippen LogP contribution in [0, 0.1) is 13.8 Å². The Kier molecular flexibility index (Phi) is 8.56. The molecule has 8 heteroatoms. The third-order valence-corrected chi connectivity index (χ3v) is 6.89. The predicted molar refractivity (Wildman–Crippen MR) is 146 cm³/mol. The summed E-state index contributed by atoms with van der Waals surface area (Å²) < 4.78 is 1.09. The van der Waals surface area contributed by atoms with Crippen LogP contribution in [0.3, 0.4) is 0 Å². The number of carboxylic acids is 1. The van der Waals surface area contributed by atoms with Crippen LogP contribution in [0.2, 0.25) is 0 Å². The number of halogens is 1. The van der Waals surface area contributed by atoms with Crippen molar-refractivity contribution in [2.45, 2.75) is 39.8 Å². The molecule has 0 amide bonds. The number of anilines is 3. The number of fused-ring (bicyclic) bond motifs is 1. The highest BCUT2D eigenvalue weighted by Gasteiger charge is 2.28. The molecule has 7 nitrogen and oxygen atoms in total. The number of aryl methyl sites for hydroxylation is 2. The molecule has 0 saturated carbocycles. The minimum Gasteiger partial charge on any atom is -0.481 e. The molecule has 1 aliphatic heterocycles. The van der Waals surface area contributed by atoms with Crippen molar-refractivity contribution in [2.24, 2.45) is 0 Å². The quantitative estimate of drug-likeness (QED) is 0.328. The predicted octanol–water partition coefficient (Wildman–Crippen LogP) is 5.88. The van der Waals surface area contributed by atoms with Gasteiger partial charge >= 0.3 is 5.97 Å². The second-order valence-electron chi connectivity index (χ2n) is 9.02. The maximum absolute atomic E-state index is 11.1. The van der Waals surface area contributed by atoms with Gasteiger partial charge in [-0.05, 0) is 85.5 Å². The molecule has 0 bridgehead atoms. The van der Waals surface area contributed by atoms with Gasteiger partial charge in [0.25, 0.3) is 0 Å². The van der Waals surface area contributed by atoms with E-state index in [0.717, 1.165) is 45.8 Å². The van der Waals surface area contributed by atoms with Gasteiger partial charge in [-0.1, -0.05) is 40.2 Å². The largest absolute Gasteiger partial charge is 0.481 e. The average molecular weight is 541 g/mol. The van der Waals surface area contributed by atoms with Gasteiger partial charge in [0.15, 0.2) is 0 Å². The molecule has 0 atom stereocenters. The molecule has 0 aliphatic carbocycles. The SMILES string of the molecule is Cc1ccc(N2NN(C)c3ccc(CCC(=O)O)c(C)c32)cc1CN(C)Cc1ccc(Br)cc1.N. The monoisotopic (exact) mass is 539 g/mol. The summed E-state index contributed by atoms with van der Waals surface area (Å²) in [6.07, 6.45) is 0.647. The lowest BCUT2D eigenvalue weighted by molar-refractivity contribution is -0.136. The summed E-state index contributed by atoms with van der Waals surface area (Å²) in [5.41, 5.74) is 12.6. The number of benzene rings is 3. The summed E-state index contributed by atoms with van der Waals surface area (Å²) in [4.78, 5) is 13.4. The molecule has 186 valence electrons. The summed E-state index contributed by atoms with van der Waals surface area (Å²) in [6.45, 7) is 5.94. The number of carbonyl (C=O) groups is 1. The fourth-order valence-electron chi connectivity index (χ4n) is 4.45. The molecular weight excluding hydrogens is 506 g/mol. The molecule has 1 aliphatic rings. The van der Waals surface area contributed by atoms with Crippen molar-refractivity contribution in [1.82, 2.24) is 16.6 Å². The van der Waals surface area contributed by atoms with E-state index in [2.05, 4.69) is 101 Å². The van der Waals surface area contributed by atoms with Crippen LogP contribution in [0.4, 0.5) is 17.1 Å². The smallest absolute Gasteiger partial charge is 0.303 e. The zero-order chi connectivity index (χ0) is 24.4. The van der Waals surface area contributed by atoms with Gasteiger partial charge in [-0.15, -0.1) is 5.53 Å². The van der Waals surface area contributed by atoms with Gasteiger partial charge in [-0.2, -0.15) is 0 Å². The number of hydrogen-bond donors (Lipinski definition) is 3. The van der Waals surface area contributed by atoms with Gasteiger partial charge in [0.2, 0.25) is 0 Å². The second-order valence-corrected chi connectivity index (χ2v) is 9.93. The van der Waals surface area contributed by atoms with Crippen LogP contribution in [0.25, 0.3) is 0 Å².